The Labute approximate surface area is 83.8 Å². The first-order chi connectivity index (χ1) is 6.75. The molecule has 0 spiro atoms. The molecule has 0 radical (unpaired) electrons. The minimum atomic E-state index is 0.166. The third kappa shape index (κ3) is 1.99. The van der Waals surface area contributed by atoms with Gasteiger partial charge in [0.05, 0.1) is 18.9 Å². The molecule has 3 nitrogen and oxygen atoms in total. The standard InChI is InChI=1S/C11H15NO2/c1-8-2-3-10(12)11(6-8)14-9-4-5-13-7-9/h2-3,6,9H,4-5,7,12H2,1H3. The van der Waals surface area contributed by atoms with Crippen molar-refractivity contribution >= 4 is 5.69 Å². The van der Waals surface area contributed by atoms with E-state index in [0.29, 0.717) is 12.3 Å². The average molecular weight is 193 g/mol. The summed E-state index contributed by atoms with van der Waals surface area (Å²) in [6, 6.07) is 5.82. The number of anilines is 1. The Kier molecular flexibility index (Phi) is 2.59. The van der Waals surface area contributed by atoms with E-state index in [4.69, 9.17) is 15.2 Å². The van der Waals surface area contributed by atoms with E-state index in [0.717, 1.165) is 24.3 Å². The second-order valence-corrected chi connectivity index (χ2v) is 3.64. The molecule has 1 aromatic carbocycles. The molecule has 2 rings (SSSR count). The number of rotatable bonds is 2. The number of benzene rings is 1. The second-order valence-electron chi connectivity index (χ2n) is 3.64. The normalized spacial score (nSPS) is 21.1. The van der Waals surface area contributed by atoms with Gasteiger partial charge in [-0.2, -0.15) is 0 Å². The molecule has 1 aromatic rings. The summed E-state index contributed by atoms with van der Waals surface area (Å²) in [6.07, 6.45) is 1.12. The van der Waals surface area contributed by atoms with Crippen LogP contribution in [0.2, 0.25) is 0 Å². The van der Waals surface area contributed by atoms with Gasteiger partial charge in [0.25, 0.3) is 0 Å². The number of aryl methyl sites for hydroxylation is 1. The van der Waals surface area contributed by atoms with Gasteiger partial charge in [-0.1, -0.05) is 6.07 Å². The molecule has 1 unspecified atom stereocenters. The van der Waals surface area contributed by atoms with Crippen molar-refractivity contribution in [3.63, 3.8) is 0 Å². The first-order valence-electron chi connectivity index (χ1n) is 4.86. The van der Waals surface area contributed by atoms with E-state index in [2.05, 4.69) is 0 Å². The molecule has 0 saturated carbocycles. The molecule has 14 heavy (non-hydrogen) atoms. The summed E-state index contributed by atoms with van der Waals surface area (Å²) >= 11 is 0. The van der Waals surface area contributed by atoms with Crippen molar-refractivity contribution in [1.82, 2.24) is 0 Å². The van der Waals surface area contributed by atoms with Crippen molar-refractivity contribution in [3.05, 3.63) is 23.8 Å². The zero-order valence-corrected chi connectivity index (χ0v) is 8.32. The molecule has 0 bridgehead atoms. The van der Waals surface area contributed by atoms with Gasteiger partial charge in [0, 0.05) is 6.42 Å². The largest absolute Gasteiger partial charge is 0.486 e. The van der Waals surface area contributed by atoms with Gasteiger partial charge >= 0.3 is 0 Å². The molecule has 1 saturated heterocycles. The number of nitrogens with two attached hydrogens (primary N) is 1. The molecule has 0 aromatic heterocycles. The van der Waals surface area contributed by atoms with Gasteiger partial charge < -0.3 is 15.2 Å². The van der Waals surface area contributed by atoms with E-state index < -0.39 is 0 Å². The van der Waals surface area contributed by atoms with E-state index in [-0.39, 0.29) is 6.10 Å². The monoisotopic (exact) mass is 193 g/mol. The molecule has 1 heterocycles. The molecule has 2 N–H and O–H groups in total. The Balaban J connectivity index is 2.10. The average Bonchev–Trinajstić information content (AvgIpc) is 2.64. The highest BCUT2D eigenvalue weighted by atomic mass is 16.5. The number of hydrogen-bond donors (Lipinski definition) is 1. The summed E-state index contributed by atoms with van der Waals surface area (Å²) in [5.74, 6) is 0.778. The fraction of sp³-hybridized carbons (Fsp3) is 0.455. The molecule has 1 aliphatic heterocycles. The predicted molar refractivity (Wildman–Crippen MR) is 55.4 cm³/mol. The minimum absolute atomic E-state index is 0.166. The number of hydrogen-bond acceptors (Lipinski definition) is 3. The van der Waals surface area contributed by atoms with Gasteiger partial charge in [0.1, 0.15) is 11.9 Å². The molecule has 76 valence electrons. The van der Waals surface area contributed by atoms with Crippen molar-refractivity contribution in [2.24, 2.45) is 0 Å². The lowest BCUT2D eigenvalue weighted by Gasteiger charge is -2.14. The van der Waals surface area contributed by atoms with E-state index in [9.17, 15) is 0 Å². The third-order valence-corrected chi connectivity index (χ3v) is 2.35. The van der Waals surface area contributed by atoms with Gasteiger partial charge in [-0.25, -0.2) is 0 Å². The van der Waals surface area contributed by atoms with Crippen LogP contribution in [0.25, 0.3) is 0 Å². The minimum Gasteiger partial charge on any atom is -0.486 e. The maximum atomic E-state index is 5.80. The van der Waals surface area contributed by atoms with Gasteiger partial charge in [-0.15, -0.1) is 0 Å². The Bertz CT molecular complexity index is 319. The van der Waals surface area contributed by atoms with Crippen LogP contribution in [0.5, 0.6) is 5.75 Å². The smallest absolute Gasteiger partial charge is 0.142 e. The molecular formula is C11H15NO2. The second kappa shape index (κ2) is 3.88. The molecule has 1 fully saturated rings. The molecule has 3 heteroatoms. The first-order valence-corrected chi connectivity index (χ1v) is 4.86. The summed E-state index contributed by atoms with van der Waals surface area (Å²) in [4.78, 5) is 0. The highest BCUT2D eigenvalue weighted by Gasteiger charge is 2.17. The maximum Gasteiger partial charge on any atom is 0.142 e. The lowest BCUT2D eigenvalue weighted by molar-refractivity contribution is 0.142. The van der Waals surface area contributed by atoms with Crippen LogP contribution in [-0.2, 0) is 4.74 Å². The zero-order chi connectivity index (χ0) is 9.97. The van der Waals surface area contributed by atoms with E-state index in [1.54, 1.807) is 0 Å². The van der Waals surface area contributed by atoms with Crippen LogP contribution in [0.3, 0.4) is 0 Å². The molecular weight excluding hydrogens is 178 g/mol. The molecule has 0 aliphatic carbocycles. The van der Waals surface area contributed by atoms with Crippen LogP contribution >= 0.6 is 0 Å². The quantitative estimate of drug-likeness (QED) is 0.728. The van der Waals surface area contributed by atoms with Crippen LogP contribution in [0.4, 0.5) is 5.69 Å². The summed E-state index contributed by atoms with van der Waals surface area (Å²) in [7, 11) is 0. The van der Waals surface area contributed by atoms with Gasteiger partial charge in [-0.05, 0) is 24.6 Å². The Morgan fingerprint density at radius 2 is 2.36 bits per heavy atom. The maximum absolute atomic E-state index is 5.80. The predicted octanol–water partition coefficient (Wildman–Crippen LogP) is 1.74. The Morgan fingerprint density at radius 3 is 3.07 bits per heavy atom. The van der Waals surface area contributed by atoms with Crippen LogP contribution in [-0.4, -0.2) is 19.3 Å². The highest BCUT2D eigenvalue weighted by molar-refractivity contribution is 5.53. The number of ether oxygens (including phenoxy) is 2. The first kappa shape index (κ1) is 9.34. The lowest BCUT2D eigenvalue weighted by atomic mass is 10.2. The zero-order valence-electron chi connectivity index (χ0n) is 8.32. The molecule has 1 atom stereocenters. The fourth-order valence-corrected chi connectivity index (χ4v) is 1.53. The SMILES string of the molecule is Cc1ccc(N)c(OC2CCOC2)c1. The Morgan fingerprint density at radius 1 is 1.50 bits per heavy atom. The fourth-order valence-electron chi connectivity index (χ4n) is 1.53. The summed E-state index contributed by atoms with van der Waals surface area (Å²) < 4.78 is 11.0. The van der Waals surface area contributed by atoms with Crippen molar-refractivity contribution in [2.75, 3.05) is 18.9 Å². The summed E-state index contributed by atoms with van der Waals surface area (Å²) in [5, 5.41) is 0. The van der Waals surface area contributed by atoms with Crippen LogP contribution < -0.4 is 10.5 Å². The van der Waals surface area contributed by atoms with Crippen LogP contribution in [0, 0.1) is 6.92 Å². The van der Waals surface area contributed by atoms with Crippen molar-refractivity contribution in [3.8, 4) is 5.75 Å². The lowest BCUT2D eigenvalue weighted by Crippen LogP contribution is -2.16. The summed E-state index contributed by atoms with van der Waals surface area (Å²) in [5.41, 5.74) is 7.66. The van der Waals surface area contributed by atoms with Gasteiger partial charge in [0.15, 0.2) is 0 Å². The van der Waals surface area contributed by atoms with Crippen molar-refractivity contribution < 1.29 is 9.47 Å². The van der Waals surface area contributed by atoms with Gasteiger partial charge in [-0.3, -0.25) is 0 Å². The highest BCUT2D eigenvalue weighted by Crippen LogP contribution is 2.25. The topological polar surface area (TPSA) is 44.5 Å². The van der Waals surface area contributed by atoms with Crippen molar-refractivity contribution in [1.29, 1.82) is 0 Å². The van der Waals surface area contributed by atoms with E-state index in [1.165, 1.54) is 0 Å². The molecule has 1 aliphatic rings. The van der Waals surface area contributed by atoms with E-state index >= 15 is 0 Å². The van der Waals surface area contributed by atoms with Crippen LogP contribution in [0.15, 0.2) is 18.2 Å². The molecule has 0 amide bonds. The van der Waals surface area contributed by atoms with Gasteiger partial charge in [0.2, 0.25) is 0 Å². The Hall–Kier alpha value is -1.22. The van der Waals surface area contributed by atoms with E-state index in [1.807, 2.05) is 25.1 Å². The van der Waals surface area contributed by atoms with Crippen LogP contribution in [0.1, 0.15) is 12.0 Å². The summed E-state index contributed by atoms with van der Waals surface area (Å²) in [6.45, 7) is 3.49. The third-order valence-electron chi connectivity index (χ3n) is 2.35. The van der Waals surface area contributed by atoms with Crippen molar-refractivity contribution in [2.45, 2.75) is 19.4 Å². The number of nitrogen functional groups attached to an aromatic ring is 1.